The molecule has 0 aromatic carbocycles. The van der Waals surface area contributed by atoms with Gasteiger partial charge in [-0.1, -0.05) is 6.42 Å². The van der Waals surface area contributed by atoms with E-state index in [1.165, 1.54) is 38.0 Å². The van der Waals surface area contributed by atoms with Gasteiger partial charge >= 0.3 is 11.9 Å². The average Bonchev–Trinajstić information content (AvgIpc) is 2.54. The third-order valence-corrected chi connectivity index (χ3v) is 4.47. The van der Waals surface area contributed by atoms with E-state index in [2.05, 4.69) is 27.9 Å². The number of aromatic nitrogens is 1. The normalized spacial score (nSPS) is 23.5. The second-order valence-corrected chi connectivity index (χ2v) is 6.03. The number of anilines is 1. The summed E-state index contributed by atoms with van der Waals surface area (Å²) in [5.74, 6) is -2.51. The molecule has 2 unspecified atom stereocenters. The van der Waals surface area contributed by atoms with E-state index in [0.29, 0.717) is 12.2 Å². The summed E-state index contributed by atoms with van der Waals surface area (Å²) < 4.78 is 0. The Balaban J connectivity index is 0.000000224. The predicted octanol–water partition coefficient (Wildman–Crippen LogP) is 1.47. The van der Waals surface area contributed by atoms with Gasteiger partial charge in [0, 0.05) is 43.5 Å². The largest absolute Gasteiger partial charge is 0.478 e. The molecule has 2 aliphatic rings. The van der Waals surface area contributed by atoms with Crippen LogP contribution in [-0.2, 0) is 9.59 Å². The minimum Gasteiger partial charge on any atom is -0.478 e. The third kappa shape index (κ3) is 5.06. The molecule has 2 saturated heterocycles. The zero-order valence-corrected chi connectivity index (χ0v) is 13.7. The zero-order chi connectivity index (χ0) is 17.5. The van der Waals surface area contributed by atoms with Crippen LogP contribution in [-0.4, -0.2) is 64.3 Å². The van der Waals surface area contributed by atoms with Crippen LogP contribution in [0.25, 0.3) is 0 Å². The topological polar surface area (TPSA) is 94.0 Å². The Kier molecular flexibility index (Phi) is 6.31. The van der Waals surface area contributed by atoms with Crippen LogP contribution >= 0.6 is 0 Å². The Labute approximate surface area is 141 Å². The standard InChI is InChI=1S/C13H19N3.C4H4O4/c1-15-12-4-2-5-13(15)10-16(9-12)11-6-3-7-14-8-11;5-3(6)1-2-4(7)8/h3,6-8,12-13H,2,4-5,9-10H2,1H3;1-2H,(H,5,6)(H,7,8)/b;2-1+. The van der Waals surface area contributed by atoms with Crippen LogP contribution in [0, 0.1) is 0 Å². The highest BCUT2D eigenvalue weighted by Gasteiger charge is 2.34. The summed E-state index contributed by atoms with van der Waals surface area (Å²) in [6, 6.07) is 5.69. The van der Waals surface area contributed by atoms with Crippen molar-refractivity contribution in [1.29, 1.82) is 0 Å². The minimum atomic E-state index is -1.26. The Morgan fingerprint density at radius 1 is 1.17 bits per heavy atom. The quantitative estimate of drug-likeness (QED) is 0.809. The maximum absolute atomic E-state index is 9.55. The van der Waals surface area contributed by atoms with Gasteiger partial charge < -0.3 is 15.1 Å². The molecule has 2 bridgehead atoms. The Hall–Kier alpha value is -2.41. The number of pyridine rings is 1. The van der Waals surface area contributed by atoms with Crippen LogP contribution in [0.3, 0.4) is 0 Å². The predicted molar refractivity (Wildman–Crippen MR) is 90.1 cm³/mol. The first-order valence-electron chi connectivity index (χ1n) is 7.98. The van der Waals surface area contributed by atoms with Crippen molar-refractivity contribution in [3.8, 4) is 0 Å². The lowest BCUT2D eigenvalue weighted by Crippen LogP contribution is -2.59. The number of carboxylic acids is 2. The van der Waals surface area contributed by atoms with Gasteiger partial charge in [0.15, 0.2) is 0 Å². The number of likely N-dealkylation sites (N-methyl/N-ethyl adjacent to an activating group) is 1. The van der Waals surface area contributed by atoms with E-state index < -0.39 is 11.9 Å². The van der Waals surface area contributed by atoms with Crippen LogP contribution in [0.4, 0.5) is 5.69 Å². The second-order valence-electron chi connectivity index (χ2n) is 6.03. The Bertz CT molecular complexity index is 561. The second kappa shape index (κ2) is 8.44. The maximum atomic E-state index is 9.55. The molecule has 0 aliphatic carbocycles. The van der Waals surface area contributed by atoms with Gasteiger partial charge in [-0.25, -0.2) is 9.59 Å². The molecule has 24 heavy (non-hydrogen) atoms. The third-order valence-electron chi connectivity index (χ3n) is 4.47. The van der Waals surface area contributed by atoms with Crippen LogP contribution in [0.5, 0.6) is 0 Å². The molecule has 3 heterocycles. The first-order chi connectivity index (χ1) is 11.5. The van der Waals surface area contributed by atoms with E-state index in [1.807, 2.05) is 18.5 Å². The van der Waals surface area contributed by atoms with E-state index in [4.69, 9.17) is 10.2 Å². The molecule has 2 aliphatic heterocycles. The Morgan fingerprint density at radius 2 is 1.75 bits per heavy atom. The summed E-state index contributed by atoms with van der Waals surface area (Å²) in [4.78, 5) is 28.4. The molecular weight excluding hydrogens is 310 g/mol. The molecule has 2 fully saturated rings. The summed E-state index contributed by atoms with van der Waals surface area (Å²) in [5, 5.41) is 15.6. The van der Waals surface area contributed by atoms with Crippen LogP contribution in [0.2, 0.25) is 0 Å². The highest BCUT2D eigenvalue weighted by atomic mass is 16.4. The van der Waals surface area contributed by atoms with E-state index in [1.54, 1.807) is 0 Å². The van der Waals surface area contributed by atoms with Crippen LogP contribution < -0.4 is 4.90 Å². The first-order valence-corrected chi connectivity index (χ1v) is 7.98. The number of carboxylic acid groups (broad SMARTS) is 2. The smallest absolute Gasteiger partial charge is 0.328 e. The summed E-state index contributed by atoms with van der Waals surface area (Å²) in [6.45, 7) is 2.33. The van der Waals surface area contributed by atoms with Crippen molar-refractivity contribution in [3.05, 3.63) is 36.7 Å². The van der Waals surface area contributed by atoms with Gasteiger partial charge in [-0.05, 0) is 32.0 Å². The first kappa shape index (κ1) is 17.9. The van der Waals surface area contributed by atoms with E-state index in [0.717, 1.165) is 12.1 Å². The zero-order valence-electron chi connectivity index (χ0n) is 13.7. The molecule has 3 rings (SSSR count). The van der Waals surface area contributed by atoms with Gasteiger partial charge in [0.2, 0.25) is 0 Å². The average molecular weight is 333 g/mol. The van der Waals surface area contributed by atoms with Crippen LogP contribution in [0.15, 0.2) is 36.7 Å². The number of rotatable bonds is 3. The molecule has 1 aromatic rings. The van der Waals surface area contributed by atoms with Gasteiger partial charge in [-0.2, -0.15) is 0 Å². The van der Waals surface area contributed by atoms with Crippen molar-refractivity contribution >= 4 is 17.6 Å². The van der Waals surface area contributed by atoms with Gasteiger partial charge in [-0.3, -0.25) is 9.88 Å². The van der Waals surface area contributed by atoms with Gasteiger partial charge in [0.1, 0.15) is 0 Å². The molecular formula is C17H23N3O4. The monoisotopic (exact) mass is 333 g/mol. The lowest BCUT2D eigenvalue weighted by Gasteiger charge is -2.49. The van der Waals surface area contributed by atoms with E-state index in [9.17, 15) is 9.59 Å². The van der Waals surface area contributed by atoms with E-state index in [-0.39, 0.29) is 0 Å². The molecule has 2 N–H and O–H groups in total. The maximum Gasteiger partial charge on any atom is 0.328 e. The molecule has 1 aromatic heterocycles. The van der Waals surface area contributed by atoms with Crippen molar-refractivity contribution in [1.82, 2.24) is 9.88 Å². The molecule has 0 amide bonds. The van der Waals surface area contributed by atoms with Crippen molar-refractivity contribution in [2.75, 3.05) is 25.0 Å². The number of aliphatic carboxylic acids is 2. The molecule has 7 nitrogen and oxygen atoms in total. The molecule has 2 atom stereocenters. The summed E-state index contributed by atoms with van der Waals surface area (Å²) >= 11 is 0. The summed E-state index contributed by atoms with van der Waals surface area (Å²) in [7, 11) is 2.29. The number of piperazine rings is 1. The fourth-order valence-electron chi connectivity index (χ4n) is 3.21. The SMILES string of the molecule is CN1C2CCCC1CN(c1cccnc1)C2.O=C(O)/C=C/C(=O)O. The van der Waals surface area contributed by atoms with Crippen molar-refractivity contribution in [3.63, 3.8) is 0 Å². The summed E-state index contributed by atoms with van der Waals surface area (Å²) in [5.41, 5.74) is 1.28. The van der Waals surface area contributed by atoms with Gasteiger partial charge in [0.05, 0.1) is 11.9 Å². The number of piperidine rings is 1. The highest BCUT2D eigenvalue weighted by molar-refractivity contribution is 5.89. The molecule has 0 spiro atoms. The number of hydrogen-bond donors (Lipinski definition) is 2. The number of fused-ring (bicyclic) bond motifs is 2. The van der Waals surface area contributed by atoms with E-state index >= 15 is 0 Å². The number of nitrogens with zero attached hydrogens (tertiary/aromatic N) is 3. The van der Waals surface area contributed by atoms with Gasteiger partial charge in [-0.15, -0.1) is 0 Å². The number of hydrogen-bond acceptors (Lipinski definition) is 5. The lowest BCUT2D eigenvalue weighted by atomic mass is 9.92. The molecule has 0 saturated carbocycles. The van der Waals surface area contributed by atoms with Crippen molar-refractivity contribution in [2.24, 2.45) is 0 Å². The molecule has 0 radical (unpaired) electrons. The van der Waals surface area contributed by atoms with Crippen molar-refractivity contribution in [2.45, 2.75) is 31.3 Å². The molecule has 7 heteroatoms. The Morgan fingerprint density at radius 3 is 2.21 bits per heavy atom. The van der Waals surface area contributed by atoms with Crippen molar-refractivity contribution < 1.29 is 19.8 Å². The fourth-order valence-corrected chi connectivity index (χ4v) is 3.21. The minimum absolute atomic E-state index is 0.558. The highest BCUT2D eigenvalue weighted by Crippen LogP contribution is 2.29. The van der Waals surface area contributed by atoms with Gasteiger partial charge in [0.25, 0.3) is 0 Å². The number of carbonyl (C=O) groups is 2. The summed E-state index contributed by atoms with van der Waals surface area (Å²) in [6.07, 6.45) is 9.06. The van der Waals surface area contributed by atoms with Crippen LogP contribution in [0.1, 0.15) is 19.3 Å². The fraction of sp³-hybridized carbons (Fsp3) is 0.471. The lowest BCUT2D eigenvalue weighted by molar-refractivity contribution is -0.134. The molecule has 130 valence electrons.